The third-order valence-electron chi connectivity index (χ3n) is 11.8. The maximum Gasteiger partial charge on any atom is 0.169 e. The third kappa shape index (κ3) is 6.83. The first kappa shape index (κ1) is 36.8. The minimum atomic E-state index is 0.881. The summed E-state index contributed by atoms with van der Waals surface area (Å²) in [6, 6.07) is 56.0. The predicted molar refractivity (Wildman–Crippen MR) is 254 cm³/mol. The van der Waals surface area contributed by atoms with Crippen molar-refractivity contribution in [3.8, 4) is 66.8 Å². The van der Waals surface area contributed by atoms with Crippen molar-refractivity contribution in [1.29, 1.82) is 0 Å². The van der Waals surface area contributed by atoms with E-state index >= 15 is 0 Å². The summed E-state index contributed by atoms with van der Waals surface area (Å²) in [4.78, 5) is 18.7. The number of H-pyrrole nitrogens is 2. The predicted octanol–water partition coefficient (Wildman–Crippen LogP) is 12.3. The lowest BCUT2D eigenvalue weighted by molar-refractivity contribution is -0.671. The van der Waals surface area contributed by atoms with Gasteiger partial charge in [0.05, 0.1) is 22.8 Å². The molecule has 2 aliphatic heterocycles. The highest BCUT2D eigenvalue weighted by atomic mass is 14.9. The van der Waals surface area contributed by atoms with Crippen molar-refractivity contribution in [3.05, 3.63) is 205 Å². The summed E-state index contributed by atoms with van der Waals surface area (Å²) in [7, 11) is 4.08. The van der Waals surface area contributed by atoms with Gasteiger partial charge in [0, 0.05) is 68.6 Å². The molecular weight excluding hydrogens is 757 g/mol. The fourth-order valence-electron chi connectivity index (χ4n) is 8.68. The number of hydrogen-bond donors (Lipinski definition) is 2. The Morgan fingerprint density at radius 3 is 0.855 bits per heavy atom. The number of fused-ring (bicyclic) bond motifs is 8. The third-order valence-corrected chi connectivity index (χ3v) is 11.8. The van der Waals surface area contributed by atoms with E-state index in [2.05, 4.69) is 226 Å². The number of nitrogens with one attached hydrogen (secondary N) is 2. The lowest BCUT2D eigenvalue weighted by Gasteiger charge is -2.08. The van der Waals surface area contributed by atoms with E-state index in [1.807, 2.05) is 14.1 Å². The van der Waals surface area contributed by atoms with Gasteiger partial charge in [-0.25, -0.2) is 19.1 Å². The summed E-state index contributed by atoms with van der Waals surface area (Å²) >= 11 is 0. The molecule has 62 heavy (non-hydrogen) atoms. The molecule has 294 valence electrons. The molecule has 4 aromatic carbocycles. The standard InChI is InChI=1S/C56H41N6/c1-61-33-29-43(30-34-61)55-49-25-21-45(57-49)53(41-17-13-39(14-18-41)37-9-5-3-6-10-37)47-23-27-51(59-47)56(44-31-35-62(2)36-32-44)52-28-24-48(60-52)54(46-22-26-50(55)58-46)42-19-15-40(16-20-42)38-11-7-4-8-12-38/h3-36H,1-2H3,(H,57,58,59,60)/q+1/p+1. The molecule has 0 fully saturated rings. The van der Waals surface area contributed by atoms with Gasteiger partial charge in [0.15, 0.2) is 24.8 Å². The van der Waals surface area contributed by atoms with Crippen molar-refractivity contribution in [2.75, 3.05) is 0 Å². The lowest BCUT2D eigenvalue weighted by Crippen LogP contribution is -2.25. The molecule has 2 aliphatic rings. The molecule has 8 bridgehead atoms. The molecule has 11 rings (SSSR count). The smallest absolute Gasteiger partial charge is 0.169 e. The maximum absolute atomic E-state index is 5.49. The van der Waals surface area contributed by atoms with Gasteiger partial charge in [0.2, 0.25) is 0 Å². The molecule has 5 aromatic heterocycles. The Morgan fingerprint density at radius 2 is 0.548 bits per heavy atom. The van der Waals surface area contributed by atoms with E-state index in [1.54, 1.807) is 0 Å². The minimum Gasteiger partial charge on any atom is -0.354 e. The SMILES string of the molecule is C[n+]1ccc(-c2c3nc(c(-c4ccc(-c5ccccc5)cc4)c4ccc([nH]4)c(-c4cc[n+](C)cc4)c4nc(c(-c5ccc(-c6ccccc6)cc5)c5ccc2[nH]5)C=C4)C=C3)cc1. The first-order valence-electron chi connectivity index (χ1n) is 20.9. The Bertz CT molecular complexity index is 3130. The van der Waals surface area contributed by atoms with Gasteiger partial charge in [-0.3, -0.25) is 0 Å². The Balaban J connectivity index is 1.23. The first-order valence-corrected chi connectivity index (χ1v) is 20.9. The van der Waals surface area contributed by atoms with E-state index in [4.69, 9.17) is 9.97 Å². The second-order valence-corrected chi connectivity index (χ2v) is 15.9. The average Bonchev–Trinajstić information content (AvgIpc) is 4.17. The van der Waals surface area contributed by atoms with E-state index in [9.17, 15) is 0 Å². The lowest BCUT2D eigenvalue weighted by atomic mass is 9.99. The summed E-state index contributed by atoms with van der Waals surface area (Å²) in [6.07, 6.45) is 17.0. The van der Waals surface area contributed by atoms with Gasteiger partial charge in [-0.2, -0.15) is 0 Å². The second kappa shape index (κ2) is 15.4. The zero-order valence-electron chi connectivity index (χ0n) is 34.4. The molecular formula is C56H42N6+2. The molecule has 6 heteroatoms. The van der Waals surface area contributed by atoms with Gasteiger partial charge < -0.3 is 9.97 Å². The van der Waals surface area contributed by atoms with E-state index in [-0.39, 0.29) is 0 Å². The highest BCUT2D eigenvalue weighted by Crippen LogP contribution is 2.39. The molecule has 0 spiro atoms. The van der Waals surface area contributed by atoms with E-state index in [1.165, 1.54) is 11.1 Å². The van der Waals surface area contributed by atoms with Crippen LogP contribution in [0.15, 0.2) is 183 Å². The topological polar surface area (TPSA) is 65.1 Å². The molecule has 7 heterocycles. The van der Waals surface area contributed by atoms with Gasteiger partial charge >= 0.3 is 0 Å². The van der Waals surface area contributed by atoms with Crippen LogP contribution in [0.25, 0.3) is 113 Å². The number of benzene rings is 4. The van der Waals surface area contributed by atoms with Gasteiger partial charge in [0.25, 0.3) is 0 Å². The summed E-state index contributed by atoms with van der Waals surface area (Å²) in [6.45, 7) is 0. The Labute approximate surface area is 360 Å². The van der Waals surface area contributed by atoms with Crippen molar-refractivity contribution in [3.63, 3.8) is 0 Å². The first-order chi connectivity index (χ1) is 30.5. The Kier molecular flexibility index (Phi) is 9.16. The average molecular weight is 799 g/mol. The number of hydrogen-bond acceptors (Lipinski definition) is 2. The number of aryl methyl sites for hydroxylation is 2. The van der Waals surface area contributed by atoms with Crippen LogP contribution in [0.3, 0.4) is 0 Å². The Morgan fingerprint density at radius 1 is 0.290 bits per heavy atom. The van der Waals surface area contributed by atoms with Crippen LogP contribution in [-0.2, 0) is 14.1 Å². The zero-order chi connectivity index (χ0) is 41.6. The Hall–Kier alpha value is -8.22. The molecule has 0 saturated heterocycles. The summed E-state index contributed by atoms with van der Waals surface area (Å²) in [5.41, 5.74) is 20.4. The fraction of sp³-hybridized carbons (Fsp3) is 0.0357. The molecule has 9 aromatic rings. The van der Waals surface area contributed by atoms with Crippen LogP contribution >= 0.6 is 0 Å². The summed E-state index contributed by atoms with van der Waals surface area (Å²) < 4.78 is 4.11. The van der Waals surface area contributed by atoms with Crippen LogP contribution in [0.4, 0.5) is 0 Å². The van der Waals surface area contributed by atoms with Crippen molar-refractivity contribution in [2.24, 2.45) is 14.1 Å². The molecule has 0 radical (unpaired) electrons. The van der Waals surface area contributed by atoms with Crippen LogP contribution < -0.4 is 9.13 Å². The minimum absolute atomic E-state index is 0.881. The number of nitrogens with zero attached hydrogens (tertiary/aromatic N) is 4. The number of pyridine rings is 2. The quantitative estimate of drug-likeness (QED) is 0.165. The summed E-state index contributed by atoms with van der Waals surface area (Å²) in [5.74, 6) is 0. The van der Waals surface area contributed by atoms with E-state index in [0.717, 1.165) is 100 Å². The zero-order valence-corrected chi connectivity index (χ0v) is 34.4. The molecule has 6 nitrogen and oxygen atoms in total. The largest absolute Gasteiger partial charge is 0.354 e. The molecule has 2 N–H and O–H groups in total. The van der Waals surface area contributed by atoms with E-state index < -0.39 is 0 Å². The van der Waals surface area contributed by atoms with Crippen molar-refractivity contribution in [1.82, 2.24) is 19.9 Å². The highest BCUT2D eigenvalue weighted by Gasteiger charge is 2.20. The summed E-state index contributed by atoms with van der Waals surface area (Å²) in [5, 5.41) is 0. The molecule has 0 amide bonds. The van der Waals surface area contributed by atoms with Gasteiger partial charge in [-0.1, -0.05) is 109 Å². The molecule has 0 aliphatic carbocycles. The van der Waals surface area contributed by atoms with Crippen molar-refractivity contribution < 1.29 is 9.13 Å². The van der Waals surface area contributed by atoms with Crippen LogP contribution in [-0.4, -0.2) is 19.9 Å². The highest BCUT2D eigenvalue weighted by molar-refractivity contribution is 6.00. The van der Waals surface area contributed by atoms with Gasteiger partial charge in [-0.15, -0.1) is 0 Å². The van der Waals surface area contributed by atoms with Gasteiger partial charge in [-0.05, 0) is 93.1 Å². The normalized spacial score (nSPS) is 11.9. The van der Waals surface area contributed by atoms with Crippen LogP contribution in [0, 0.1) is 0 Å². The van der Waals surface area contributed by atoms with Crippen LogP contribution in [0.2, 0.25) is 0 Å². The van der Waals surface area contributed by atoms with E-state index in [0.29, 0.717) is 0 Å². The molecule has 0 atom stereocenters. The van der Waals surface area contributed by atoms with Crippen molar-refractivity contribution >= 4 is 46.4 Å². The van der Waals surface area contributed by atoms with Gasteiger partial charge in [0.1, 0.15) is 14.1 Å². The number of aromatic amines is 2. The monoisotopic (exact) mass is 798 g/mol. The molecule has 0 unspecified atom stereocenters. The van der Waals surface area contributed by atoms with Crippen LogP contribution in [0.1, 0.15) is 22.8 Å². The maximum atomic E-state index is 5.49. The molecule has 0 saturated carbocycles. The van der Waals surface area contributed by atoms with Crippen molar-refractivity contribution in [2.45, 2.75) is 0 Å². The van der Waals surface area contributed by atoms with Crippen LogP contribution in [0.5, 0.6) is 0 Å². The fourth-order valence-corrected chi connectivity index (χ4v) is 8.68. The number of aromatic nitrogens is 6. The number of rotatable bonds is 6. The second-order valence-electron chi connectivity index (χ2n) is 15.9.